The topological polar surface area (TPSA) is 29.3 Å². The summed E-state index contributed by atoms with van der Waals surface area (Å²) in [6.07, 6.45) is 1.11. The third-order valence-electron chi connectivity index (χ3n) is 4.34. The van der Waals surface area contributed by atoms with Crippen LogP contribution in [0.25, 0.3) is 0 Å². The first-order chi connectivity index (χ1) is 10.2. The van der Waals surface area contributed by atoms with Crippen LogP contribution in [0.4, 0.5) is 0 Å². The van der Waals surface area contributed by atoms with Gasteiger partial charge in [-0.15, -0.1) is 0 Å². The van der Waals surface area contributed by atoms with Gasteiger partial charge in [-0.1, -0.05) is 52.3 Å². The number of halogens is 1. The van der Waals surface area contributed by atoms with Crippen molar-refractivity contribution in [2.24, 2.45) is 5.73 Å². The first kappa shape index (κ1) is 14.8. The van der Waals surface area contributed by atoms with Crippen LogP contribution in [0, 0.1) is 6.92 Å². The van der Waals surface area contributed by atoms with Crippen molar-refractivity contribution >= 4 is 15.9 Å². The molecule has 0 fully saturated rings. The van der Waals surface area contributed by atoms with Crippen LogP contribution in [-0.2, 0) is 13.0 Å². The van der Waals surface area contributed by atoms with Crippen LogP contribution >= 0.6 is 15.9 Å². The second-order valence-corrected chi connectivity index (χ2v) is 6.62. The van der Waals surface area contributed by atoms with Crippen LogP contribution in [0.2, 0.25) is 0 Å². The average molecular weight is 345 g/mol. The molecule has 0 radical (unpaired) electrons. The molecule has 2 aromatic carbocycles. The quantitative estimate of drug-likeness (QED) is 0.917. The Kier molecular flexibility index (Phi) is 4.43. The lowest BCUT2D eigenvalue weighted by Crippen LogP contribution is -2.37. The Hall–Kier alpha value is -1.16. The Balaban J connectivity index is 1.88. The fraction of sp³-hybridized carbons (Fsp3) is 0.333. The maximum atomic E-state index is 6.10. The third-order valence-corrected chi connectivity index (χ3v) is 5.03. The van der Waals surface area contributed by atoms with E-state index < -0.39 is 0 Å². The van der Waals surface area contributed by atoms with Crippen LogP contribution in [0.15, 0.2) is 46.9 Å². The van der Waals surface area contributed by atoms with Crippen molar-refractivity contribution in [2.45, 2.75) is 25.9 Å². The third kappa shape index (κ3) is 3.05. The predicted molar refractivity (Wildman–Crippen MR) is 91.2 cm³/mol. The summed E-state index contributed by atoms with van der Waals surface area (Å²) < 4.78 is 1.16. The highest BCUT2D eigenvalue weighted by Crippen LogP contribution is 2.31. The Labute approximate surface area is 135 Å². The van der Waals surface area contributed by atoms with E-state index in [0.29, 0.717) is 6.54 Å². The highest BCUT2D eigenvalue weighted by atomic mass is 79.9. The number of aryl methyl sites for hydroxylation is 1. The second-order valence-electron chi connectivity index (χ2n) is 5.77. The molecule has 3 rings (SSSR count). The first-order valence-corrected chi connectivity index (χ1v) is 8.25. The number of fused-ring (bicyclic) bond motifs is 1. The maximum Gasteiger partial charge on any atom is 0.0485 e. The van der Waals surface area contributed by atoms with Gasteiger partial charge in [0.2, 0.25) is 0 Å². The van der Waals surface area contributed by atoms with Crippen molar-refractivity contribution in [2.75, 3.05) is 13.1 Å². The van der Waals surface area contributed by atoms with Gasteiger partial charge in [0.05, 0.1) is 0 Å². The molecule has 0 saturated heterocycles. The molecule has 0 saturated carbocycles. The summed E-state index contributed by atoms with van der Waals surface area (Å²) in [6, 6.07) is 15.6. The van der Waals surface area contributed by atoms with E-state index in [1.165, 1.54) is 22.3 Å². The first-order valence-electron chi connectivity index (χ1n) is 7.46. The number of rotatable bonds is 3. The van der Waals surface area contributed by atoms with Crippen molar-refractivity contribution in [3.63, 3.8) is 0 Å². The van der Waals surface area contributed by atoms with Crippen LogP contribution in [0.1, 0.15) is 28.3 Å². The largest absolute Gasteiger partial charge is 0.329 e. The van der Waals surface area contributed by atoms with Crippen molar-refractivity contribution in [1.82, 2.24) is 4.90 Å². The molecule has 1 unspecified atom stereocenters. The van der Waals surface area contributed by atoms with Crippen LogP contribution in [-0.4, -0.2) is 18.0 Å². The normalized spacial score (nSPS) is 16.5. The summed E-state index contributed by atoms with van der Waals surface area (Å²) in [4.78, 5) is 2.50. The molecule has 1 aliphatic heterocycles. The molecule has 110 valence electrons. The van der Waals surface area contributed by atoms with Gasteiger partial charge in [0.15, 0.2) is 0 Å². The van der Waals surface area contributed by atoms with E-state index in [1.54, 1.807) is 0 Å². The minimum atomic E-state index is 0.272. The summed E-state index contributed by atoms with van der Waals surface area (Å²) in [5.74, 6) is 0. The smallest absolute Gasteiger partial charge is 0.0485 e. The van der Waals surface area contributed by atoms with E-state index in [2.05, 4.69) is 70.2 Å². The van der Waals surface area contributed by atoms with Gasteiger partial charge in [0, 0.05) is 30.1 Å². The zero-order valence-electron chi connectivity index (χ0n) is 12.3. The summed E-state index contributed by atoms with van der Waals surface area (Å²) in [5, 5.41) is 0. The Bertz CT molecular complexity index is 639. The van der Waals surface area contributed by atoms with E-state index >= 15 is 0 Å². The molecule has 0 bridgehead atoms. The van der Waals surface area contributed by atoms with Crippen LogP contribution < -0.4 is 5.73 Å². The molecule has 0 spiro atoms. The molecule has 0 amide bonds. The fourth-order valence-electron chi connectivity index (χ4n) is 3.16. The highest BCUT2D eigenvalue weighted by molar-refractivity contribution is 9.10. The van der Waals surface area contributed by atoms with Gasteiger partial charge in [-0.3, -0.25) is 4.90 Å². The highest BCUT2D eigenvalue weighted by Gasteiger charge is 2.24. The molecule has 1 atom stereocenters. The standard InChI is InChI=1S/C18H21BrN2/c1-13-6-7-16(17(19)10-13)18(11-20)21-9-8-14-4-2-3-5-15(14)12-21/h2-7,10,18H,8-9,11-12,20H2,1H3. The van der Waals surface area contributed by atoms with E-state index in [1.807, 2.05) is 0 Å². The number of nitrogens with two attached hydrogens (primary N) is 1. The maximum absolute atomic E-state index is 6.10. The molecular formula is C18H21BrN2. The minimum Gasteiger partial charge on any atom is -0.329 e. The molecular weight excluding hydrogens is 324 g/mol. The predicted octanol–water partition coefficient (Wildman–Crippen LogP) is 3.82. The summed E-state index contributed by atoms with van der Waals surface area (Å²) in [6.45, 7) is 4.81. The Morgan fingerprint density at radius 3 is 2.67 bits per heavy atom. The lowest BCUT2D eigenvalue weighted by Gasteiger charge is -2.35. The zero-order valence-corrected chi connectivity index (χ0v) is 13.9. The van der Waals surface area contributed by atoms with Gasteiger partial charge >= 0.3 is 0 Å². The molecule has 2 aromatic rings. The number of nitrogens with zero attached hydrogens (tertiary/aromatic N) is 1. The molecule has 2 nitrogen and oxygen atoms in total. The van der Waals surface area contributed by atoms with Gasteiger partial charge in [0.25, 0.3) is 0 Å². The molecule has 1 aliphatic rings. The number of hydrogen-bond donors (Lipinski definition) is 1. The summed E-state index contributed by atoms with van der Waals surface area (Å²) in [5.41, 5.74) is 11.6. The molecule has 1 heterocycles. The molecule has 2 N–H and O–H groups in total. The van der Waals surface area contributed by atoms with Crippen molar-refractivity contribution < 1.29 is 0 Å². The van der Waals surface area contributed by atoms with Crippen molar-refractivity contribution in [3.05, 3.63) is 69.2 Å². The fourth-order valence-corrected chi connectivity index (χ4v) is 3.92. The number of hydrogen-bond acceptors (Lipinski definition) is 2. The average Bonchev–Trinajstić information content (AvgIpc) is 2.50. The van der Waals surface area contributed by atoms with Gasteiger partial charge in [-0.05, 0) is 41.7 Å². The van der Waals surface area contributed by atoms with E-state index in [-0.39, 0.29) is 6.04 Å². The van der Waals surface area contributed by atoms with Gasteiger partial charge in [0.1, 0.15) is 0 Å². The minimum absolute atomic E-state index is 0.272. The van der Waals surface area contributed by atoms with Gasteiger partial charge < -0.3 is 5.73 Å². The van der Waals surface area contributed by atoms with Gasteiger partial charge in [-0.25, -0.2) is 0 Å². The van der Waals surface area contributed by atoms with Crippen molar-refractivity contribution in [1.29, 1.82) is 0 Å². The summed E-state index contributed by atoms with van der Waals surface area (Å²) in [7, 11) is 0. The van der Waals surface area contributed by atoms with E-state index in [9.17, 15) is 0 Å². The lowest BCUT2D eigenvalue weighted by molar-refractivity contribution is 0.183. The van der Waals surface area contributed by atoms with Gasteiger partial charge in [-0.2, -0.15) is 0 Å². The molecule has 0 aliphatic carbocycles. The zero-order chi connectivity index (χ0) is 14.8. The van der Waals surface area contributed by atoms with Crippen molar-refractivity contribution in [3.8, 4) is 0 Å². The van der Waals surface area contributed by atoms with Crippen LogP contribution in [0.5, 0.6) is 0 Å². The van der Waals surface area contributed by atoms with E-state index in [4.69, 9.17) is 5.73 Å². The monoisotopic (exact) mass is 344 g/mol. The number of benzene rings is 2. The SMILES string of the molecule is Cc1ccc(C(CN)N2CCc3ccccc3C2)c(Br)c1. The lowest BCUT2D eigenvalue weighted by atomic mass is 9.96. The molecule has 0 aromatic heterocycles. The van der Waals surface area contributed by atoms with E-state index in [0.717, 1.165) is 24.0 Å². The second kappa shape index (κ2) is 6.30. The molecule has 21 heavy (non-hydrogen) atoms. The Morgan fingerprint density at radius 2 is 1.95 bits per heavy atom. The van der Waals surface area contributed by atoms with Crippen LogP contribution in [0.3, 0.4) is 0 Å². The summed E-state index contributed by atoms with van der Waals surface area (Å²) >= 11 is 3.70. The Morgan fingerprint density at radius 1 is 1.19 bits per heavy atom. The molecule has 3 heteroatoms.